The Hall–Kier alpha value is -3.98. The lowest BCUT2D eigenvalue weighted by Crippen LogP contribution is -2.32. The lowest BCUT2D eigenvalue weighted by Gasteiger charge is -2.12. The predicted octanol–water partition coefficient (Wildman–Crippen LogP) is 4.47. The van der Waals surface area contributed by atoms with Crippen LogP contribution >= 0.6 is 11.3 Å². The zero-order valence-corrected chi connectivity index (χ0v) is 20.7. The monoisotopic (exact) mass is 505 g/mol. The quantitative estimate of drug-likeness (QED) is 0.203. The number of hydrogen-bond donors (Lipinski definition) is 2. The van der Waals surface area contributed by atoms with Gasteiger partial charge in [-0.2, -0.15) is 5.10 Å². The summed E-state index contributed by atoms with van der Waals surface area (Å²) in [5.74, 6) is -1.62. The minimum absolute atomic E-state index is 0.228. The number of carbonyl (C=O) groups is 3. The van der Waals surface area contributed by atoms with Gasteiger partial charge in [-0.1, -0.05) is 30.3 Å². The average molecular weight is 506 g/mol. The lowest BCUT2D eigenvalue weighted by molar-refractivity contribution is -0.136. The van der Waals surface area contributed by atoms with Crippen LogP contribution in [-0.2, 0) is 33.8 Å². The number of benzene rings is 2. The maximum absolute atomic E-state index is 12.5. The van der Waals surface area contributed by atoms with E-state index in [9.17, 15) is 14.4 Å². The summed E-state index contributed by atoms with van der Waals surface area (Å²) in [5.41, 5.74) is 5.28. The first-order valence-electron chi connectivity index (χ1n) is 11.8. The second kappa shape index (κ2) is 12.1. The van der Waals surface area contributed by atoms with Gasteiger partial charge in [0.05, 0.1) is 18.4 Å². The van der Waals surface area contributed by atoms with E-state index in [2.05, 4.69) is 15.8 Å². The second-order valence-electron chi connectivity index (χ2n) is 8.13. The van der Waals surface area contributed by atoms with Crippen molar-refractivity contribution in [2.45, 2.75) is 39.2 Å². The molecule has 1 aliphatic rings. The number of nitrogens with one attached hydrogen (secondary N) is 2. The highest BCUT2D eigenvalue weighted by molar-refractivity contribution is 7.17. The van der Waals surface area contributed by atoms with Crippen LogP contribution in [0.5, 0.6) is 5.75 Å². The van der Waals surface area contributed by atoms with Crippen LogP contribution in [0, 0.1) is 0 Å². The molecule has 1 aromatic heterocycles. The highest BCUT2D eigenvalue weighted by Crippen LogP contribution is 2.38. The number of amides is 2. The molecule has 0 atom stereocenters. The molecule has 2 amide bonds. The van der Waals surface area contributed by atoms with Crippen molar-refractivity contribution in [1.29, 1.82) is 0 Å². The van der Waals surface area contributed by atoms with Gasteiger partial charge in [0.1, 0.15) is 17.4 Å². The van der Waals surface area contributed by atoms with Gasteiger partial charge in [0.25, 0.3) is 0 Å². The summed E-state index contributed by atoms with van der Waals surface area (Å²) in [6.45, 7) is 2.42. The summed E-state index contributed by atoms with van der Waals surface area (Å²) in [5, 5.41) is 6.78. The molecule has 0 aliphatic heterocycles. The second-order valence-corrected chi connectivity index (χ2v) is 9.24. The fourth-order valence-electron chi connectivity index (χ4n) is 3.84. The Bertz CT molecular complexity index is 1250. The van der Waals surface area contributed by atoms with Crippen molar-refractivity contribution in [3.63, 3.8) is 0 Å². The van der Waals surface area contributed by atoms with Crippen LogP contribution in [0.25, 0.3) is 0 Å². The molecule has 0 saturated heterocycles. The number of aryl methyl sites for hydroxylation is 1. The van der Waals surface area contributed by atoms with Crippen LogP contribution in [-0.4, -0.2) is 30.6 Å². The number of hydrogen-bond acceptors (Lipinski definition) is 7. The van der Waals surface area contributed by atoms with Crippen molar-refractivity contribution in [2.24, 2.45) is 5.10 Å². The lowest BCUT2D eigenvalue weighted by atomic mass is 9.95. The van der Waals surface area contributed by atoms with E-state index in [-0.39, 0.29) is 6.61 Å². The highest BCUT2D eigenvalue weighted by Gasteiger charge is 2.28. The number of fused-ring (bicyclic) bond motifs is 1. The topological polar surface area (TPSA) is 106 Å². The molecule has 0 spiro atoms. The average Bonchev–Trinajstić information content (AvgIpc) is 3.26. The van der Waals surface area contributed by atoms with Crippen molar-refractivity contribution in [3.8, 4) is 5.75 Å². The van der Waals surface area contributed by atoms with Crippen LogP contribution in [0.15, 0.2) is 59.7 Å². The van der Waals surface area contributed by atoms with Gasteiger partial charge < -0.3 is 14.8 Å². The van der Waals surface area contributed by atoms with E-state index in [0.717, 1.165) is 47.3 Å². The third-order valence-corrected chi connectivity index (χ3v) is 6.80. The summed E-state index contributed by atoms with van der Waals surface area (Å²) >= 11 is 1.32. The number of ether oxygens (including phenoxy) is 2. The van der Waals surface area contributed by atoms with Gasteiger partial charge in [-0.25, -0.2) is 10.2 Å². The van der Waals surface area contributed by atoms with Gasteiger partial charge in [0.2, 0.25) is 0 Å². The van der Waals surface area contributed by atoms with Crippen molar-refractivity contribution in [1.82, 2.24) is 5.43 Å². The molecule has 36 heavy (non-hydrogen) atoms. The molecule has 4 rings (SSSR count). The molecule has 0 bridgehead atoms. The molecule has 0 radical (unpaired) electrons. The van der Waals surface area contributed by atoms with Crippen LogP contribution in [0.2, 0.25) is 0 Å². The Labute approximate surface area is 213 Å². The largest absolute Gasteiger partial charge is 0.489 e. The van der Waals surface area contributed by atoms with Gasteiger partial charge in [0, 0.05) is 4.88 Å². The normalized spacial score (nSPS) is 12.6. The van der Waals surface area contributed by atoms with E-state index in [1.165, 1.54) is 17.6 Å². The van der Waals surface area contributed by atoms with Crippen molar-refractivity contribution < 1.29 is 23.9 Å². The molecule has 8 nitrogen and oxygen atoms in total. The van der Waals surface area contributed by atoms with E-state index in [1.807, 2.05) is 30.3 Å². The van der Waals surface area contributed by atoms with E-state index in [0.29, 0.717) is 22.9 Å². The number of anilines is 1. The number of rotatable bonds is 8. The Morgan fingerprint density at radius 3 is 2.50 bits per heavy atom. The summed E-state index contributed by atoms with van der Waals surface area (Å²) in [7, 11) is 0. The Morgan fingerprint density at radius 2 is 1.75 bits per heavy atom. The molecule has 9 heteroatoms. The van der Waals surface area contributed by atoms with Crippen LogP contribution in [0.1, 0.15) is 51.7 Å². The van der Waals surface area contributed by atoms with Crippen LogP contribution < -0.4 is 15.5 Å². The molecular formula is C27H27N3O5S. The van der Waals surface area contributed by atoms with Crippen LogP contribution in [0.3, 0.4) is 0 Å². The van der Waals surface area contributed by atoms with Crippen molar-refractivity contribution in [3.05, 3.63) is 81.7 Å². The Balaban J connectivity index is 1.32. The zero-order valence-electron chi connectivity index (χ0n) is 19.9. The predicted molar refractivity (Wildman–Crippen MR) is 138 cm³/mol. The van der Waals surface area contributed by atoms with E-state index >= 15 is 0 Å². The number of nitrogens with zero attached hydrogens (tertiary/aromatic N) is 1. The Kier molecular flexibility index (Phi) is 8.46. The fourth-order valence-corrected chi connectivity index (χ4v) is 5.11. The first-order valence-corrected chi connectivity index (χ1v) is 12.6. The smallest absolute Gasteiger partial charge is 0.341 e. The van der Waals surface area contributed by atoms with Gasteiger partial charge in [-0.05, 0) is 73.6 Å². The zero-order chi connectivity index (χ0) is 25.3. The third kappa shape index (κ3) is 6.37. The van der Waals surface area contributed by atoms with Crippen molar-refractivity contribution >= 4 is 40.3 Å². The molecule has 1 heterocycles. The van der Waals surface area contributed by atoms with Crippen molar-refractivity contribution in [2.75, 3.05) is 11.9 Å². The standard InChI is InChI=1S/C27H27N3O5S/c1-2-34-27(33)23-21-10-6-7-11-22(21)36-26(23)29-24(31)25(32)30-28-16-18-12-14-20(15-13-18)35-17-19-8-4-3-5-9-19/h3-5,8-9,12-16H,2,6-7,10-11,17H2,1H3,(H,29,31)(H,30,32). The van der Waals surface area contributed by atoms with Gasteiger partial charge in [0.15, 0.2) is 0 Å². The molecule has 1 aliphatic carbocycles. The summed E-state index contributed by atoms with van der Waals surface area (Å²) < 4.78 is 10.9. The van der Waals surface area contributed by atoms with Crippen LogP contribution in [0.4, 0.5) is 5.00 Å². The molecule has 2 aromatic carbocycles. The van der Waals surface area contributed by atoms with Gasteiger partial charge >= 0.3 is 17.8 Å². The maximum atomic E-state index is 12.5. The molecule has 0 unspecified atom stereocenters. The van der Waals surface area contributed by atoms with Gasteiger partial charge in [-0.3, -0.25) is 9.59 Å². The first kappa shape index (κ1) is 25.1. The summed E-state index contributed by atoms with van der Waals surface area (Å²) in [6.07, 6.45) is 5.02. The SMILES string of the molecule is CCOC(=O)c1c(NC(=O)C(=O)NN=Cc2ccc(OCc3ccccc3)cc2)sc2c1CCCC2. The summed E-state index contributed by atoms with van der Waals surface area (Å²) in [4.78, 5) is 38.3. The van der Waals surface area contributed by atoms with E-state index in [1.54, 1.807) is 31.2 Å². The molecule has 0 fully saturated rings. The van der Waals surface area contributed by atoms with Gasteiger partial charge in [-0.15, -0.1) is 11.3 Å². The number of carbonyl (C=O) groups excluding carboxylic acids is 3. The number of hydrazone groups is 1. The number of thiophene rings is 1. The fraction of sp³-hybridized carbons (Fsp3) is 0.259. The molecule has 3 aromatic rings. The number of esters is 1. The highest BCUT2D eigenvalue weighted by atomic mass is 32.1. The molecule has 186 valence electrons. The molecule has 2 N–H and O–H groups in total. The van der Waals surface area contributed by atoms with E-state index < -0.39 is 17.8 Å². The third-order valence-electron chi connectivity index (χ3n) is 5.59. The maximum Gasteiger partial charge on any atom is 0.341 e. The molecule has 0 saturated carbocycles. The minimum Gasteiger partial charge on any atom is -0.489 e. The first-order chi connectivity index (χ1) is 17.5. The summed E-state index contributed by atoms with van der Waals surface area (Å²) in [6, 6.07) is 17.0. The molecular weight excluding hydrogens is 478 g/mol. The Morgan fingerprint density at radius 1 is 1.00 bits per heavy atom. The van der Waals surface area contributed by atoms with E-state index in [4.69, 9.17) is 9.47 Å². The minimum atomic E-state index is -0.935.